The number of carbonyl (C=O) groups is 1. The minimum absolute atomic E-state index is 0.0768. The van der Waals surface area contributed by atoms with Gasteiger partial charge >= 0.3 is 0 Å². The summed E-state index contributed by atoms with van der Waals surface area (Å²) in [4.78, 5) is 17.6. The first-order valence-electron chi connectivity index (χ1n) is 10.8. The molecule has 0 unspecified atom stereocenters. The Balaban J connectivity index is 1.83. The van der Waals surface area contributed by atoms with Crippen LogP contribution in [-0.2, 0) is 4.84 Å². The highest BCUT2D eigenvalue weighted by atomic mass is 127. The lowest BCUT2D eigenvalue weighted by Gasteiger charge is -2.14. The molecular formula is C23H29F3IN3O2. The summed E-state index contributed by atoms with van der Waals surface area (Å²) in [5, 5.41) is 5.84. The van der Waals surface area contributed by atoms with E-state index >= 15 is 0 Å². The number of anilines is 2. The van der Waals surface area contributed by atoms with Crippen LogP contribution >= 0.6 is 22.6 Å². The third kappa shape index (κ3) is 8.59. The van der Waals surface area contributed by atoms with Gasteiger partial charge in [-0.3, -0.25) is 9.63 Å². The fourth-order valence-electron chi connectivity index (χ4n) is 2.99. The number of halogens is 4. The molecule has 1 amide bonds. The van der Waals surface area contributed by atoms with Gasteiger partial charge in [0.2, 0.25) is 0 Å². The molecule has 176 valence electrons. The highest BCUT2D eigenvalue weighted by Gasteiger charge is 2.20. The van der Waals surface area contributed by atoms with E-state index in [9.17, 15) is 18.0 Å². The minimum atomic E-state index is -1.28. The van der Waals surface area contributed by atoms with E-state index < -0.39 is 29.0 Å². The molecule has 2 rings (SSSR count). The molecular weight excluding hydrogens is 534 g/mol. The molecule has 0 fully saturated rings. The van der Waals surface area contributed by atoms with Gasteiger partial charge in [0.25, 0.3) is 5.91 Å². The largest absolute Gasteiger partial charge is 0.350 e. The lowest BCUT2D eigenvalue weighted by Crippen LogP contribution is -2.26. The Kier molecular flexibility index (Phi) is 11.8. The molecule has 32 heavy (non-hydrogen) atoms. The van der Waals surface area contributed by atoms with Crippen LogP contribution in [0.3, 0.4) is 0 Å². The number of benzene rings is 2. The summed E-state index contributed by atoms with van der Waals surface area (Å²) in [6.45, 7) is 4.31. The molecule has 0 radical (unpaired) electrons. The maximum absolute atomic E-state index is 14.4. The zero-order valence-electron chi connectivity index (χ0n) is 18.1. The second-order valence-corrected chi connectivity index (χ2v) is 8.58. The van der Waals surface area contributed by atoms with Crippen LogP contribution in [0, 0.1) is 21.0 Å². The Hall–Kier alpha value is -1.85. The summed E-state index contributed by atoms with van der Waals surface area (Å²) >= 11 is 1.93. The second kappa shape index (κ2) is 14.3. The van der Waals surface area contributed by atoms with E-state index in [0.717, 1.165) is 44.5 Å². The van der Waals surface area contributed by atoms with Gasteiger partial charge in [0.15, 0.2) is 11.6 Å². The first-order valence-corrected chi connectivity index (χ1v) is 11.8. The molecule has 2 aromatic rings. The average molecular weight is 563 g/mol. The predicted molar refractivity (Wildman–Crippen MR) is 128 cm³/mol. The van der Waals surface area contributed by atoms with E-state index in [2.05, 4.69) is 23.0 Å². The van der Waals surface area contributed by atoms with E-state index in [4.69, 9.17) is 4.84 Å². The Labute approximate surface area is 200 Å². The molecule has 0 aromatic heterocycles. The Bertz CT molecular complexity index is 884. The smallest absolute Gasteiger partial charge is 0.277 e. The standard InChI is InChI=1S/C23H29F3IN3O2/c1-2-3-4-5-12-28-13-6-7-14-32-30-23(31)17-9-10-18(24)21(26)22(17)29-20-11-8-16(27)15-19(20)25/h8-11,15,28-29H,2-7,12-14H2,1H3,(H,30,31). The zero-order valence-corrected chi connectivity index (χ0v) is 20.2. The number of nitrogens with one attached hydrogen (secondary N) is 3. The van der Waals surface area contributed by atoms with Crippen molar-refractivity contribution in [3.63, 3.8) is 0 Å². The minimum Gasteiger partial charge on any atom is -0.350 e. The number of amides is 1. The molecule has 0 saturated heterocycles. The van der Waals surface area contributed by atoms with E-state index in [1.807, 2.05) is 22.6 Å². The van der Waals surface area contributed by atoms with Crippen molar-refractivity contribution in [2.24, 2.45) is 0 Å². The molecule has 3 N–H and O–H groups in total. The SMILES string of the molecule is CCCCCCNCCCCONC(=O)c1ccc(F)c(F)c1Nc1ccc(I)cc1F. The van der Waals surface area contributed by atoms with Crippen molar-refractivity contribution in [1.82, 2.24) is 10.8 Å². The van der Waals surface area contributed by atoms with Crippen molar-refractivity contribution < 1.29 is 22.8 Å². The molecule has 5 nitrogen and oxygen atoms in total. The van der Waals surface area contributed by atoms with Crippen LogP contribution < -0.4 is 16.1 Å². The summed E-state index contributed by atoms with van der Waals surface area (Å²) in [6.07, 6.45) is 6.47. The van der Waals surface area contributed by atoms with Gasteiger partial charge in [-0.1, -0.05) is 26.2 Å². The van der Waals surface area contributed by atoms with E-state index in [1.165, 1.54) is 31.4 Å². The lowest BCUT2D eigenvalue weighted by atomic mass is 10.1. The van der Waals surface area contributed by atoms with Crippen LogP contribution in [0.15, 0.2) is 30.3 Å². The molecule has 0 spiro atoms. The molecule has 0 bridgehead atoms. The molecule has 0 aliphatic rings. The normalized spacial score (nSPS) is 10.9. The fourth-order valence-corrected chi connectivity index (χ4v) is 3.44. The molecule has 0 saturated carbocycles. The van der Waals surface area contributed by atoms with Crippen LogP contribution in [0.5, 0.6) is 0 Å². The number of hydroxylamine groups is 1. The van der Waals surface area contributed by atoms with Crippen molar-refractivity contribution >= 4 is 39.9 Å². The van der Waals surface area contributed by atoms with Crippen molar-refractivity contribution in [3.8, 4) is 0 Å². The number of rotatable bonds is 14. The van der Waals surface area contributed by atoms with Gasteiger partial charge in [0.05, 0.1) is 23.5 Å². The number of hydrogen-bond donors (Lipinski definition) is 3. The van der Waals surface area contributed by atoms with Crippen molar-refractivity contribution in [3.05, 3.63) is 56.9 Å². The number of unbranched alkanes of at least 4 members (excludes halogenated alkanes) is 4. The van der Waals surface area contributed by atoms with Gasteiger partial charge in [-0.15, -0.1) is 0 Å². The summed E-state index contributed by atoms with van der Waals surface area (Å²) < 4.78 is 42.9. The zero-order chi connectivity index (χ0) is 23.3. The molecule has 9 heteroatoms. The highest BCUT2D eigenvalue weighted by Crippen LogP contribution is 2.28. The lowest BCUT2D eigenvalue weighted by molar-refractivity contribution is 0.0299. The maximum Gasteiger partial charge on any atom is 0.277 e. The van der Waals surface area contributed by atoms with Crippen LogP contribution in [0.2, 0.25) is 0 Å². The van der Waals surface area contributed by atoms with E-state index in [-0.39, 0.29) is 17.9 Å². The summed E-state index contributed by atoms with van der Waals surface area (Å²) in [5.74, 6) is -3.84. The summed E-state index contributed by atoms with van der Waals surface area (Å²) in [7, 11) is 0. The van der Waals surface area contributed by atoms with Crippen molar-refractivity contribution in [2.45, 2.75) is 45.4 Å². The Morgan fingerprint density at radius 1 is 0.969 bits per heavy atom. The summed E-state index contributed by atoms with van der Waals surface area (Å²) in [6, 6.07) is 6.19. The number of hydrogen-bond acceptors (Lipinski definition) is 4. The van der Waals surface area contributed by atoms with Gasteiger partial charge in [-0.05, 0) is 85.3 Å². The van der Waals surface area contributed by atoms with Gasteiger partial charge < -0.3 is 10.6 Å². The van der Waals surface area contributed by atoms with Crippen molar-refractivity contribution in [2.75, 3.05) is 25.0 Å². The first kappa shape index (κ1) is 26.4. The molecule has 0 heterocycles. The van der Waals surface area contributed by atoms with Gasteiger partial charge in [-0.2, -0.15) is 0 Å². The first-order chi connectivity index (χ1) is 15.4. The Morgan fingerprint density at radius 2 is 1.72 bits per heavy atom. The van der Waals surface area contributed by atoms with Crippen molar-refractivity contribution in [1.29, 1.82) is 0 Å². The third-order valence-corrected chi connectivity index (χ3v) is 5.42. The molecule has 0 atom stereocenters. The number of carbonyl (C=O) groups excluding carboxylic acids is 1. The monoisotopic (exact) mass is 563 g/mol. The second-order valence-electron chi connectivity index (χ2n) is 7.33. The van der Waals surface area contributed by atoms with Crippen LogP contribution in [-0.4, -0.2) is 25.6 Å². The predicted octanol–water partition coefficient (Wildman–Crippen LogP) is 6.06. The fraction of sp³-hybridized carbons (Fsp3) is 0.435. The van der Waals surface area contributed by atoms with Crippen LogP contribution in [0.4, 0.5) is 24.5 Å². The highest BCUT2D eigenvalue weighted by molar-refractivity contribution is 14.1. The van der Waals surface area contributed by atoms with Gasteiger partial charge in [0, 0.05) is 3.57 Å². The molecule has 0 aliphatic heterocycles. The molecule has 0 aliphatic carbocycles. The van der Waals surface area contributed by atoms with E-state index in [0.29, 0.717) is 3.57 Å². The van der Waals surface area contributed by atoms with Gasteiger partial charge in [0.1, 0.15) is 5.82 Å². The third-order valence-electron chi connectivity index (χ3n) is 4.75. The van der Waals surface area contributed by atoms with E-state index in [1.54, 1.807) is 6.07 Å². The maximum atomic E-state index is 14.4. The topological polar surface area (TPSA) is 62.4 Å². The molecule has 2 aromatic carbocycles. The van der Waals surface area contributed by atoms with Crippen LogP contribution in [0.25, 0.3) is 0 Å². The Morgan fingerprint density at radius 3 is 2.44 bits per heavy atom. The summed E-state index contributed by atoms with van der Waals surface area (Å²) in [5.41, 5.74) is 1.50. The van der Waals surface area contributed by atoms with Gasteiger partial charge in [-0.25, -0.2) is 18.7 Å². The average Bonchev–Trinajstić information content (AvgIpc) is 2.76. The van der Waals surface area contributed by atoms with Crippen LogP contribution in [0.1, 0.15) is 55.8 Å². The quantitative estimate of drug-likeness (QED) is 0.149.